The largest absolute Gasteiger partial charge is 0.481 e. The fourth-order valence-electron chi connectivity index (χ4n) is 2.00. The van der Waals surface area contributed by atoms with Crippen LogP contribution in [0.15, 0.2) is 0 Å². The lowest BCUT2D eigenvalue weighted by molar-refractivity contribution is -0.180. The molecular formula is C11H22O5Si. The number of carboxylic acids is 2. The molecule has 0 saturated heterocycles. The smallest absolute Gasteiger partial charge is 0.335 e. The zero-order chi connectivity index (χ0) is 14.1. The second-order valence-corrected chi connectivity index (χ2v) is 6.10. The highest BCUT2D eigenvalue weighted by atomic mass is 28.2. The molecule has 0 radical (unpaired) electrons. The Bertz CT molecular complexity index is 322. The van der Waals surface area contributed by atoms with Crippen LogP contribution in [0.3, 0.4) is 0 Å². The number of carbonyl (C=O) groups is 2. The molecule has 6 heteroatoms. The number of hydrogen-bond acceptors (Lipinski definition) is 3. The van der Waals surface area contributed by atoms with Gasteiger partial charge in [0.15, 0.2) is 5.60 Å². The van der Waals surface area contributed by atoms with Gasteiger partial charge in [-0.15, -0.1) is 0 Å². The van der Waals surface area contributed by atoms with Crippen LogP contribution in [-0.4, -0.2) is 38.2 Å². The van der Waals surface area contributed by atoms with Crippen molar-refractivity contribution in [3.63, 3.8) is 0 Å². The lowest BCUT2D eigenvalue weighted by Crippen LogP contribution is -2.58. The van der Waals surface area contributed by atoms with E-state index < -0.39 is 28.4 Å². The van der Waals surface area contributed by atoms with Crippen LogP contribution in [0.4, 0.5) is 0 Å². The first-order valence-corrected chi connectivity index (χ1v) is 6.24. The summed E-state index contributed by atoms with van der Waals surface area (Å²) in [5, 5.41) is 18.4. The van der Waals surface area contributed by atoms with Gasteiger partial charge in [0.25, 0.3) is 0 Å². The van der Waals surface area contributed by atoms with Crippen LogP contribution in [0.1, 0.15) is 41.0 Å². The summed E-state index contributed by atoms with van der Waals surface area (Å²) in [6.07, 6.45) is -0.248. The summed E-state index contributed by atoms with van der Waals surface area (Å²) in [5.41, 5.74) is -3.00. The van der Waals surface area contributed by atoms with Crippen LogP contribution >= 0.6 is 0 Å². The van der Waals surface area contributed by atoms with Crippen LogP contribution in [0.2, 0.25) is 0 Å². The van der Waals surface area contributed by atoms with E-state index in [-0.39, 0.29) is 16.9 Å². The summed E-state index contributed by atoms with van der Waals surface area (Å²) >= 11 is 0. The van der Waals surface area contributed by atoms with E-state index in [0.29, 0.717) is 0 Å². The first kappa shape index (κ1) is 16.1. The highest BCUT2D eigenvalue weighted by molar-refractivity contribution is 6.00. The molecule has 2 atom stereocenters. The van der Waals surface area contributed by atoms with Crippen LogP contribution < -0.4 is 0 Å². The Morgan fingerprint density at radius 2 is 1.53 bits per heavy atom. The summed E-state index contributed by atoms with van der Waals surface area (Å²) in [4.78, 5) is 22.4. The molecule has 0 rings (SSSR count). The minimum absolute atomic E-state index is 0.236. The Balaban J connectivity index is 5.77. The molecule has 0 spiro atoms. The highest BCUT2D eigenvalue weighted by Gasteiger charge is 2.57. The maximum absolute atomic E-state index is 11.4. The van der Waals surface area contributed by atoms with Gasteiger partial charge in [0.2, 0.25) is 0 Å². The van der Waals surface area contributed by atoms with E-state index in [1.807, 2.05) is 20.8 Å². The molecule has 0 heterocycles. The molecule has 0 aliphatic carbocycles. The molecule has 0 saturated carbocycles. The van der Waals surface area contributed by atoms with Gasteiger partial charge in [-0.05, 0) is 12.3 Å². The Hall–Kier alpha value is -0.883. The van der Waals surface area contributed by atoms with E-state index >= 15 is 0 Å². The SMILES string of the molecule is CC(C)(C)C(C)(CC(=O)O)C(C)(O[SiH3])C(=O)O. The van der Waals surface area contributed by atoms with Gasteiger partial charge in [-0.25, -0.2) is 4.79 Å². The summed E-state index contributed by atoms with van der Waals surface area (Å²) in [6.45, 7) is 8.61. The maximum Gasteiger partial charge on any atom is 0.335 e. The predicted molar refractivity (Wildman–Crippen MR) is 66.9 cm³/mol. The van der Waals surface area contributed by atoms with Crippen molar-refractivity contribution in [1.82, 2.24) is 0 Å². The third kappa shape index (κ3) is 2.69. The van der Waals surface area contributed by atoms with Crippen molar-refractivity contribution >= 4 is 22.4 Å². The van der Waals surface area contributed by atoms with Crippen molar-refractivity contribution in [3.05, 3.63) is 0 Å². The summed E-state index contributed by atoms with van der Waals surface area (Å²) in [5.74, 6) is -2.14. The summed E-state index contributed by atoms with van der Waals surface area (Å²) in [6, 6.07) is 0. The van der Waals surface area contributed by atoms with E-state index in [2.05, 4.69) is 0 Å². The molecule has 17 heavy (non-hydrogen) atoms. The van der Waals surface area contributed by atoms with Gasteiger partial charge < -0.3 is 14.6 Å². The zero-order valence-corrected chi connectivity index (χ0v) is 13.3. The first-order valence-electron chi connectivity index (χ1n) is 5.42. The zero-order valence-electron chi connectivity index (χ0n) is 11.3. The normalized spacial score (nSPS) is 19.4. The van der Waals surface area contributed by atoms with E-state index in [1.54, 1.807) is 6.92 Å². The van der Waals surface area contributed by atoms with Crippen molar-refractivity contribution in [2.45, 2.75) is 46.6 Å². The third-order valence-electron chi connectivity index (χ3n) is 4.03. The molecule has 0 amide bonds. The first-order chi connectivity index (χ1) is 7.42. The Morgan fingerprint density at radius 3 is 1.71 bits per heavy atom. The van der Waals surface area contributed by atoms with E-state index in [0.717, 1.165) is 0 Å². The molecule has 0 fully saturated rings. The second kappa shape index (κ2) is 4.78. The van der Waals surface area contributed by atoms with Gasteiger partial charge >= 0.3 is 11.9 Å². The van der Waals surface area contributed by atoms with Crippen molar-refractivity contribution in [1.29, 1.82) is 0 Å². The molecule has 0 aromatic rings. The second-order valence-electron chi connectivity index (χ2n) is 5.70. The molecule has 0 aromatic carbocycles. The Labute approximate surface area is 105 Å². The fourth-order valence-corrected chi connectivity index (χ4v) is 2.63. The van der Waals surface area contributed by atoms with Gasteiger partial charge in [0.1, 0.15) is 10.5 Å². The molecule has 2 unspecified atom stereocenters. The fraction of sp³-hybridized carbons (Fsp3) is 0.818. The Kier molecular flexibility index (Phi) is 4.53. The summed E-state index contributed by atoms with van der Waals surface area (Å²) in [7, 11) is 0.236. The lowest BCUT2D eigenvalue weighted by atomic mass is 9.57. The number of aliphatic carboxylic acids is 2. The lowest BCUT2D eigenvalue weighted by Gasteiger charge is -2.50. The minimum Gasteiger partial charge on any atom is -0.481 e. The molecule has 2 N–H and O–H groups in total. The molecular weight excluding hydrogens is 240 g/mol. The molecule has 0 aliphatic heterocycles. The number of carboxylic acid groups (broad SMARTS) is 2. The molecule has 0 bridgehead atoms. The summed E-state index contributed by atoms with van der Waals surface area (Å²) < 4.78 is 5.27. The average molecular weight is 262 g/mol. The van der Waals surface area contributed by atoms with Crippen LogP contribution in [0.5, 0.6) is 0 Å². The van der Waals surface area contributed by atoms with E-state index in [4.69, 9.17) is 9.53 Å². The van der Waals surface area contributed by atoms with E-state index in [1.165, 1.54) is 6.92 Å². The number of hydrogen-bond donors (Lipinski definition) is 2. The Morgan fingerprint density at radius 1 is 1.12 bits per heavy atom. The average Bonchev–Trinajstić information content (AvgIpc) is 2.12. The number of rotatable bonds is 5. The van der Waals surface area contributed by atoms with Crippen LogP contribution in [0, 0.1) is 10.8 Å². The third-order valence-corrected chi connectivity index (χ3v) is 4.85. The van der Waals surface area contributed by atoms with Gasteiger partial charge in [-0.3, -0.25) is 4.79 Å². The molecule has 0 aromatic heterocycles. The predicted octanol–water partition coefficient (Wildman–Crippen LogP) is 0.654. The van der Waals surface area contributed by atoms with Gasteiger partial charge in [0, 0.05) is 5.41 Å². The standard InChI is InChI=1S/C11H22O5Si/c1-9(2,3)10(4,6-7(12)13)11(5,16-17)8(14)15/h6H2,1-5,17H3,(H,12,13)(H,14,15). The highest BCUT2D eigenvalue weighted by Crippen LogP contribution is 2.50. The van der Waals surface area contributed by atoms with Gasteiger partial charge in [-0.1, -0.05) is 27.7 Å². The molecule has 0 aliphatic rings. The van der Waals surface area contributed by atoms with Crippen LogP contribution in [-0.2, 0) is 14.0 Å². The minimum atomic E-state index is -1.49. The van der Waals surface area contributed by atoms with Crippen molar-refractivity contribution in [2.24, 2.45) is 10.8 Å². The van der Waals surface area contributed by atoms with Gasteiger partial charge in [-0.2, -0.15) is 0 Å². The van der Waals surface area contributed by atoms with Crippen molar-refractivity contribution < 1.29 is 24.2 Å². The maximum atomic E-state index is 11.4. The molecule has 5 nitrogen and oxygen atoms in total. The van der Waals surface area contributed by atoms with Crippen molar-refractivity contribution in [3.8, 4) is 0 Å². The van der Waals surface area contributed by atoms with Crippen LogP contribution in [0.25, 0.3) is 0 Å². The quantitative estimate of drug-likeness (QED) is 0.711. The topological polar surface area (TPSA) is 83.8 Å². The van der Waals surface area contributed by atoms with Gasteiger partial charge in [0.05, 0.1) is 6.42 Å². The van der Waals surface area contributed by atoms with E-state index in [9.17, 15) is 14.7 Å². The molecule has 100 valence electrons. The van der Waals surface area contributed by atoms with Crippen molar-refractivity contribution in [2.75, 3.05) is 0 Å². The monoisotopic (exact) mass is 262 g/mol.